The second kappa shape index (κ2) is 10.3. The summed E-state index contributed by atoms with van der Waals surface area (Å²) in [6.07, 6.45) is 1.61. The van der Waals surface area contributed by atoms with Crippen molar-refractivity contribution in [1.29, 1.82) is 0 Å². The van der Waals surface area contributed by atoms with E-state index in [0.29, 0.717) is 5.16 Å². The highest BCUT2D eigenvalue weighted by Crippen LogP contribution is 2.22. The van der Waals surface area contributed by atoms with Crippen LogP contribution in [0.1, 0.15) is 11.1 Å². The van der Waals surface area contributed by atoms with Gasteiger partial charge in [-0.2, -0.15) is 5.10 Å². The van der Waals surface area contributed by atoms with Crippen LogP contribution in [0.4, 0.5) is 11.6 Å². The summed E-state index contributed by atoms with van der Waals surface area (Å²) in [5.74, 6) is 7.63. The number of hydrogen-bond donors (Lipinski definition) is 3. The lowest BCUT2D eigenvalue weighted by molar-refractivity contribution is -0.113. The molecule has 0 aliphatic rings. The van der Waals surface area contributed by atoms with E-state index in [1.54, 1.807) is 32.6 Å². The molecule has 4 N–H and O–H groups in total. The number of nitrogens with zero attached hydrogens (tertiary/aromatic N) is 4. The monoisotopic (exact) mass is 441 g/mol. The van der Waals surface area contributed by atoms with Crippen LogP contribution in [-0.2, 0) is 4.79 Å². The Morgan fingerprint density at radius 1 is 1.19 bits per heavy atom. The Morgan fingerprint density at radius 2 is 1.97 bits per heavy atom. The van der Waals surface area contributed by atoms with Crippen LogP contribution in [0, 0.1) is 6.92 Å². The van der Waals surface area contributed by atoms with E-state index in [9.17, 15) is 4.79 Å². The summed E-state index contributed by atoms with van der Waals surface area (Å²) in [7, 11) is 3.20. The Labute approximate surface area is 183 Å². The standard InChI is InChI=1S/C20H23N7O3S/c1-13-9-16(30-3)7-8-17(13)23-18(28)12-31-20-26-25-19(27(20)21)24-22-11-14-5-4-6-15(10-14)29-2/h4-11H,12,21H2,1-3H3,(H,23,28)(H,24,25)/b22-11+. The number of amides is 1. The molecule has 0 unspecified atom stereocenters. The van der Waals surface area contributed by atoms with Gasteiger partial charge in [0.15, 0.2) is 0 Å². The number of nitrogen functional groups attached to an aromatic ring is 1. The van der Waals surface area contributed by atoms with Crippen molar-refractivity contribution in [3.63, 3.8) is 0 Å². The lowest BCUT2D eigenvalue weighted by Crippen LogP contribution is -2.17. The number of aryl methyl sites for hydroxylation is 1. The second-order valence-corrected chi connectivity index (χ2v) is 7.28. The van der Waals surface area contributed by atoms with Gasteiger partial charge in [0.25, 0.3) is 5.95 Å². The molecule has 0 bridgehead atoms. The molecule has 0 spiro atoms. The Balaban J connectivity index is 1.54. The lowest BCUT2D eigenvalue weighted by atomic mass is 10.2. The van der Waals surface area contributed by atoms with Crippen molar-refractivity contribution in [3.05, 3.63) is 53.6 Å². The molecular weight excluding hydrogens is 418 g/mol. The molecule has 3 rings (SSSR count). The van der Waals surface area contributed by atoms with E-state index in [1.807, 2.05) is 37.3 Å². The first kappa shape index (κ1) is 22.0. The number of benzene rings is 2. The zero-order valence-corrected chi connectivity index (χ0v) is 18.1. The Morgan fingerprint density at radius 3 is 2.71 bits per heavy atom. The van der Waals surface area contributed by atoms with Crippen molar-refractivity contribution >= 4 is 35.5 Å². The summed E-state index contributed by atoms with van der Waals surface area (Å²) in [4.78, 5) is 12.3. The second-order valence-electron chi connectivity index (χ2n) is 6.34. The number of methoxy groups -OCH3 is 2. The Bertz CT molecular complexity index is 1080. The van der Waals surface area contributed by atoms with Crippen LogP contribution < -0.4 is 26.1 Å². The minimum absolute atomic E-state index is 0.119. The van der Waals surface area contributed by atoms with E-state index in [4.69, 9.17) is 15.3 Å². The maximum atomic E-state index is 12.3. The zero-order chi connectivity index (χ0) is 22.2. The van der Waals surface area contributed by atoms with Gasteiger partial charge in [-0.05, 0) is 48.4 Å². The van der Waals surface area contributed by atoms with Gasteiger partial charge in [-0.1, -0.05) is 23.9 Å². The molecule has 0 fully saturated rings. The minimum Gasteiger partial charge on any atom is -0.497 e. The van der Waals surface area contributed by atoms with Crippen LogP contribution in [0.3, 0.4) is 0 Å². The van der Waals surface area contributed by atoms with Gasteiger partial charge in [0.05, 0.1) is 26.2 Å². The molecule has 1 heterocycles. The van der Waals surface area contributed by atoms with Crippen LogP contribution in [-0.4, -0.2) is 47.0 Å². The highest BCUT2D eigenvalue weighted by Gasteiger charge is 2.13. The van der Waals surface area contributed by atoms with E-state index in [1.165, 1.54) is 4.68 Å². The third-order valence-electron chi connectivity index (χ3n) is 4.18. The summed E-state index contributed by atoms with van der Waals surface area (Å²) in [6, 6.07) is 12.9. The zero-order valence-electron chi connectivity index (χ0n) is 17.3. The number of rotatable bonds is 9. The van der Waals surface area contributed by atoms with Crippen LogP contribution in [0.15, 0.2) is 52.7 Å². The predicted molar refractivity (Wildman–Crippen MR) is 121 cm³/mol. The number of thioether (sulfide) groups is 1. The molecule has 0 aliphatic carbocycles. The van der Waals surface area contributed by atoms with E-state index in [0.717, 1.165) is 40.1 Å². The first-order chi connectivity index (χ1) is 15.0. The van der Waals surface area contributed by atoms with Crippen LogP contribution in [0.25, 0.3) is 0 Å². The van der Waals surface area contributed by atoms with E-state index in [2.05, 4.69) is 26.0 Å². The molecular formula is C20H23N7O3S. The van der Waals surface area contributed by atoms with Gasteiger partial charge in [-0.25, -0.2) is 10.1 Å². The number of anilines is 2. The molecule has 162 valence electrons. The molecule has 2 aromatic carbocycles. The van der Waals surface area contributed by atoms with Crippen LogP contribution in [0.5, 0.6) is 11.5 Å². The van der Waals surface area contributed by atoms with Crippen molar-refractivity contribution in [2.75, 3.05) is 36.6 Å². The number of nitrogens with two attached hydrogens (primary N) is 1. The first-order valence-electron chi connectivity index (χ1n) is 9.21. The van der Waals surface area contributed by atoms with Gasteiger partial charge in [-0.3, -0.25) is 4.79 Å². The van der Waals surface area contributed by atoms with Crippen molar-refractivity contribution in [3.8, 4) is 11.5 Å². The van der Waals surface area contributed by atoms with Gasteiger partial charge in [0.2, 0.25) is 11.1 Å². The summed E-state index contributed by atoms with van der Waals surface area (Å²) < 4.78 is 11.6. The van der Waals surface area contributed by atoms with Crippen molar-refractivity contribution in [2.24, 2.45) is 5.10 Å². The largest absolute Gasteiger partial charge is 0.497 e. The number of hydrogen-bond acceptors (Lipinski definition) is 9. The third kappa shape index (κ3) is 5.89. The number of carbonyl (C=O) groups excluding carboxylic acids is 1. The van der Waals surface area contributed by atoms with Crippen LogP contribution >= 0.6 is 11.8 Å². The fourth-order valence-corrected chi connectivity index (χ4v) is 3.21. The van der Waals surface area contributed by atoms with Crippen molar-refractivity contribution in [1.82, 2.24) is 14.9 Å². The molecule has 0 atom stereocenters. The molecule has 0 aliphatic heterocycles. The number of hydrazone groups is 1. The highest BCUT2D eigenvalue weighted by molar-refractivity contribution is 7.99. The molecule has 11 heteroatoms. The SMILES string of the molecule is COc1cccc(/C=N/Nc2nnc(SCC(=O)Nc3ccc(OC)cc3C)n2N)c1. The van der Waals surface area contributed by atoms with Gasteiger partial charge >= 0.3 is 0 Å². The number of carbonyl (C=O) groups is 1. The van der Waals surface area contributed by atoms with Gasteiger partial charge in [-0.15, -0.1) is 10.2 Å². The fraction of sp³-hybridized carbons (Fsp3) is 0.200. The van der Waals surface area contributed by atoms with Gasteiger partial charge in [0.1, 0.15) is 11.5 Å². The summed E-state index contributed by atoms with van der Waals surface area (Å²) in [5, 5.41) is 15.3. The molecule has 3 aromatic rings. The van der Waals surface area contributed by atoms with E-state index < -0.39 is 0 Å². The molecule has 0 saturated heterocycles. The van der Waals surface area contributed by atoms with E-state index >= 15 is 0 Å². The third-order valence-corrected chi connectivity index (χ3v) is 5.12. The summed E-state index contributed by atoms with van der Waals surface area (Å²) in [6.45, 7) is 1.89. The Hall–Kier alpha value is -3.73. The molecule has 1 aromatic heterocycles. The summed E-state index contributed by atoms with van der Waals surface area (Å²) >= 11 is 1.16. The van der Waals surface area contributed by atoms with E-state index in [-0.39, 0.29) is 17.6 Å². The fourth-order valence-electron chi connectivity index (χ4n) is 2.56. The predicted octanol–water partition coefficient (Wildman–Crippen LogP) is 2.49. The maximum Gasteiger partial charge on any atom is 0.264 e. The lowest BCUT2D eigenvalue weighted by Gasteiger charge is -2.09. The average molecular weight is 442 g/mol. The topological polar surface area (TPSA) is 129 Å². The molecule has 1 amide bonds. The first-order valence-corrected chi connectivity index (χ1v) is 10.2. The van der Waals surface area contributed by atoms with Gasteiger partial charge < -0.3 is 20.6 Å². The molecule has 10 nitrogen and oxygen atoms in total. The average Bonchev–Trinajstić information content (AvgIpc) is 3.13. The van der Waals surface area contributed by atoms with Crippen molar-refractivity contribution < 1.29 is 14.3 Å². The number of aromatic nitrogens is 3. The highest BCUT2D eigenvalue weighted by atomic mass is 32.2. The van der Waals surface area contributed by atoms with Gasteiger partial charge in [0, 0.05) is 5.69 Å². The minimum atomic E-state index is -0.188. The molecule has 0 radical (unpaired) electrons. The van der Waals surface area contributed by atoms with Crippen LogP contribution in [0.2, 0.25) is 0 Å². The summed E-state index contributed by atoms with van der Waals surface area (Å²) in [5.41, 5.74) is 5.20. The normalized spacial score (nSPS) is 10.8. The quantitative estimate of drug-likeness (QED) is 0.200. The number of nitrogens with one attached hydrogen (secondary N) is 2. The maximum absolute atomic E-state index is 12.3. The smallest absolute Gasteiger partial charge is 0.264 e. The molecule has 0 saturated carbocycles. The molecule has 31 heavy (non-hydrogen) atoms. The Kier molecular flexibility index (Phi) is 7.33. The number of ether oxygens (including phenoxy) is 2. The van der Waals surface area contributed by atoms with Crippen molar-refractivity contribution in [2.45, 2.75) is 12.1 Å².